The van der Waals surface area contributed by atoms with E-state index in [9.17, 15) is 9.90 Å². The first-order chi connectivity index (χ1) is 8.18. The van der Waals surface area contributed by atoms with Crippen molar-refractivity contribution in [3.8, 4) is 0 Å². The summed E-state index contributed by atoms with van der Waals surface area (Å²) in [4.78, 5) is 15.7. The Morgan fingerprint density at radius 2 is 2.41 bits per heavy atom. The van der Waals surface area contributed by atoms with Crippen LogP contribution in [0, 0.1) is 5.92 Å². The summed E-state index contributed by atoms with van der Waals surface area (Å²) < 4.78 is 0. The Morgan fingerprint density at radius 3 is 3.06 bits per heavy atom. The molecule has 1 fully saturated rings. The minimum atomic E-state index is -0.292. The van der Waals surface area contributed by atoms with Crippen LogP contribution >= 0.6 is 11.6 Å². The summed E-state index contributed by atoms with van der Waals surface area (Å²) in [6.45, 7) is 0.491. The van der Waals surface area contributed by atoms with Crippen molar-refractivity contribution in [3.05, 3.63) is 29.0 Å². The molecule has 1 aromatic rings. The minimum absolute atomic E-state index is 0.161. The normalized spacial score (nSPS) is 23.6. The summed E-state index contributed by atoms with van der Waals surface area (Å²) in [5, 5.41) is 12.8. The van der Waals surface area contributed by atoms with E-state index in [4.69, 9.17) is 11.6 Å². The van der Waals surface area contributed by atoms with Gasteiger partial charge in [-0.1, -0.05) is 18.0 Å². The summed E-state index contributed by atoms with van der Waals surface area (Å²) >= 11 is 5.89. The second-order valence-electron chi connectivity index (χ2n) is 4.32. The second-order valence-corrected chi connectivity index (χ2v) is 4.73. The highest BCUT2D eigenvalue weighted by Gasteiger charge is 2.25. The third-order valence-corrected chi connectivity index (χ3v) is 3.49. The van der Waals surface area contributed by atoms with Gasteiger partial charge in [0.25, 0.3) is 5.91 Å². The van der Waals surface area contributed by atoms with Crippen molar-refractivity contribution in [1.82, 2.24) is 10.3 Å². The van der Waals surface area contributed by atoms with Gasteiger partial charge in [0.2, 0.25) is 0 Å². The van der Waals surface area contributed by atoms with Crippen LogP contribution < -0.4 is 5.32 Å². The predicted octanol–water partition coefficient (Wildman–Crippen LogP) is 1.63. The van der Waals surface area contributed by atoms with Crippen LogP contribution in [0.25, 0.3) is 0 Å². The molecule has 0 bridgehead atoms. The molecule has 92 valence electrons. The van der Waals surface area contributed by atoms with Gasteiger partial charge in [-0.2, -0.15) is 0 Å². The maximum absolute atomic E-state index is 11.8. The van der Waals surface area contributed by atoms with Crippen molar-refractivity contribution in [2.45, 2.75) is 25.4 Å². The number of halogens is 1. The molecular formula is C12H15ClN2O2. The van der Waals surface area contributed by atoms with E-state index < -0.39 is 0 Å². The summed E-state index contributed by atoms with van der Waals surface area (Å²) in [6, 6.07) is 1.58. The van der Waals surface area contributed by atoms with E-state index in [1.165, 1.54) is 6.20 Å². The van der Waals surface area contributed by atoms with Gasteiger partial charge in [-0.05, 0) is 18.9 Å². The van der Waals surface area contributed by atoms with Gasteiger partial charge >= 0.3 is 0 Å². The molecule has 0 aliphatic heterocycles. The molecule has 1 heterocycles. The van der Waals surface area contributed by atoms with Crippen LogP contribution in [-0.2, 0) is 0 Å². The molecule has 0 saturated heterocycles. The van der Waals surface area contributed by atoms with Crippen molar-refractivity contribution < 1.29 is 9.90 Å². The molecule has 0 spiro atoms. The maximum atomic E-state index is 11.8. The van der Waals surface area contributed by atoms with E-state index >= 15 is 0 Å². The maximum Gasteiger partial charge on any atom is 0.254 e. The van der Waals surface area contributed by atoms with E-state index in [0.717, 1.165) is 19.3 Å². The standard InChI is InChI=1S/C12H15ClN2O2/c13-10-4-5-14-7-9(10)12(17)15-6-8-2-1-3-11(8)16/h4-5,7-8,11,16H,1-3,6H2,(H,15,17). The highest BCUT2D eigenvalue weighted by Crippen LogP contribution is 2.24. The molecule has 2 unspecified atom stereocenters. The van der Waals surface area contributed by atoms with Crippen LogP contribution in [-0.4, -0.2) is 28.6 Å². The first-order valence-corrected chi connectivity index (χ1v) is 6.12. The number of aliphatic hydroxyl groups is 1. The van der Waals surface area contributed by atoms with E-state index in [-0.39, 0.29) is 17.9 Å². The molecule has 17 heavy (non-hydrogen) atoms. The largest absolute Gasteiger partial charge is 0.393 e. The molecular weight excluding hydrogens is 240 g/mol. The SMILES string of the molecule is O=C(NCC1CCCC1O)c1cnccc1Cl. The zero-order valence-electron chi connectivity index (χ0n) is 9.40. The lowest BCUT2D eigenvalue weighted by Crippen LogP contribution is -2.32. The highest BCUT2D eigenvalue weighted by molar-refractivity contribution is 6.33. The number of hydrogen-bond acceptors (Lipinski definition) is 3. The number of hydrogen-bond donors (Lipinski definition) is 2. The number of carbonyl (C=O) groups is 1. The van der Waals surface area contributed by atoms with Gasteiger partial charge in [-0.15, -0.1) is 0 Å². The average molecular weight is 255 g/mol. The molecule has 1 aliphatic carbocycles. The molecule has 2 atom stereocenters. The molecule has 0 radical (unpaired) electrons. The first-order valence-electron chi connectivity index (χ1n) is 5.74. The van der Waals surface area contributed by atoms with Gasteiger partial charge in [-0.25, -0.2) is 0 Å². The van der Waals surface area contributed by atoms with Crippen molar-refractivity contribution in [3.63, 3.8) is 0 Å². The van der Waals surface area contributed by atoms with Crippen LogP contribution in [0.4, 0.5) is 0 Å². The van der Waals surface area contributed by atoms with Crippen LogP contribution in [0.2, 0.25) is 5.02 Å². The van der Waals surface area contributed by atoms with Gasteiger partial charge in [0.15, 0.2) is 0 Å². The molecule has 1 saturated carbocycles. The Bertz CT molecular complexity index is 411. The van der Waals surface area contributed by atoms with E-state index in [2.05, 4.69) is 10.3 Å². The zero-order valence-corrected chi connectivity index (χ0v) is 10.2. The Balaban J connectivity index is 1.91. The van der Waals surface area contributed by atoms with Crippen LogP contribution in [0.5, 0.6) is 0 Å². The molecule has 1 aromatic heterocycles. The molecule has 1 aliphatic rings. The number of aromatic nitrogens is 1. The lowest BCUT2D eigenvalue weighted by Gasteiger charge is -2.15. The van der Waals surface area contributed by atoms with Gasteiger partial charge in [0.05, 0.1) is 16.7 Å². The Morgan fingerprint density at radius 1 is 1.59 bits per heavy atom. The third kappa shape index (κ3) is 2.96. The predicted molar refractivity (Wildman–Crippen MR) is 64.9 cm³/mol. The van der Waals surface area contributed by atoms with Crippen molar-refractivity contribution in [2.75, 3.05) is 6.54 Å². The van der Waals surface area contributed by atoms with Crippen molar-refractivity contribution in [1.29, 1.82) is 0 Å². The number of rotatable bonds is 3. The van der Waals surface area contributed by atoms with Gasteiger partial charge in [0.1, 0.15) is 0 Å². The summed E-state index contributed by atoms with van der Waals surface area (Å²) in [6.07, 6.45) is 5.51. The minimum Gasteiger partial charge on any atom is -0.393 e. The van der Waals surface area contributed by atoms with Crippen molar-refractivity contribution in [2.24, 2.45) is 5.92 Å². The Labute approximate surface area is 105 Å². The molecule has 0 aromatic carbocycles. The number of nitrogens with zero attached hydrogens (tertiary/aromatic N) is 1. The van der Waals surface area contributed by atoms with Crippen LogP contribution in [0.1, 0.15) is 29.6 Å². The zero-order chi connectivity index (χ0) is 12.3. The summed E-state index contributed by atoms with van der Waals surface area (Å²) in [5.74, 6) is -0.0726. The van der Waals surface area contributed by atoms with Crippen molar-refractivity contribution >= 4 is 17.5 Å². The monoisotopic (exact) mass is 254 g/mol. The molecule has 5 heteroatoms. The smallest absolute Gasteiger partial charge is 0.254 e. The molecule has 2 rings (SSSR count). The third-order valence-electron chi connectivity index (χ3n) is 3.16. The second kappa shape index (κ2) is 5.47. The molecule has 4 nitrogen and oxygen atoms in total. The van der Waals surface area contributed by atoms with Gasteiger partial charge in [0, 0.05) is 24.9 Å². The number of amides is 1. The quantitative estimate of drug-likeness (QED) is 0.862. The molecule has 1 amide bonds. The van der Waals surface area contributed by atoms with E-state index in [1.807, 2.05) is 0 Å². The fourth-order valence-corrected chi connectivity index (χ4v) is 2.31. The fraction of sp³-hybridized carbons (Fsp3) is 0.500. The highest BCUT2D eigenvalue weighted by atomic mass is 35.5. The average Bonchev–Trinajstić information content (AvgIpc) is 2.72. The molecule has 2 N–H and O–H groups in total. The summed E-state index contributed by atoms with van der Waals surface area (Å²) in [5.41, 5.74) is 0.377. The number of pyridine rings is 1. The summed E-state index contributed by atoms with van der Waals surface area (Å²) in [7, 11) is 0. The Kier molecular flexibility index (Phi) is 3.97. The van der Waals surface area contributed by atoms with E-state index in [0.29, 0.717) is 17.1 Å². The number of aliphatic hydroxyl groups excluding tert-OH is 1. The van der Waals surface area contributed by atoms with Crippen LogP contribution in [0.15, 0.2) is 18.5 Å². The van der Waals surface area contributed by atoms with Crippen LogP contribution in [0.3, 0.4) is 0 Å². The lowest BCUT2D eigenvalue weighted by molar-refractivity contribution is 0.0916. The first kappa shape index (κ1) is 12.3. The fourth-order valence-electron chi connectivity index (χ4n) is 2.12. The topological polar surface area (TPSA) is 62.2 Å². The van der Waals surface area contributed by atoms with E-state index in [1.54, 1.807) is 12.3 Å². The van der Waals surface area contributed by atoms with Gasteiger partial charge in [-0.3, -0.25) is 9.78 Å². The lowest BCUT2D eigenvalue weighted by atomic mass is 10.1. The Hall–Kier alpha value is -1.13. The number of carbonyl (C=O) groups excluding carboxylic acids is 1. The number of nitrogens with one attached hydrogen (secondary N) is 1. The van der Waals surface area contributed by atoms with Gasteiger partial charge < -0.3 is 10.4 Å².